The fourth-order valence-corrected chi connectivity index (χ4v) is 3.68. The molecule has 1 N–H and O–H groups in total. The van der Waals surface area contributed by atoms with Crippen molar-refractivity contribution >= 4 is 0 Å². The zero-order valence-corrected chi connectivity index (χ0v) is 11.6. The van der Waals surface area contributed by atoms with E-state index in [0.717, 1.165) is 18.5 Å². The van der Waals surface area contributed by atoms with Crippen molar-refractivity contribution in [1.82, 2.24) is 10.2 Å². The summed E-state index contributed by atoms with van der Waals surface area (Å²) in [5.74, 6) is 0.893. The van der Waals surface area contributed by atoms with E-state index in [9.17, 15) is 0 Å². The van der Waals surface area contributed by atoms with Crippen molar-refractivity contribution in [3.05, 3.63) is 34.9 Å². The normalized spacial score (nSPS) is 28.3. The lowest BCUT2D eigenvalue weighted by Gasteiger charge is -2.35. The number of benzene rings is 1. The first-order chi connectivity index (χ1) is 8.70. The Hall–Kier alpha value is -0.860. The minimum Gasteiger partial charge on any atom is -0.314 e. The average Bonchev–Trinajstić information content (AvgIpc) is 2.74. The third kappa shape index (κ3) is 2.60. The molecule has 0 amide bonds. The summed E-state index contributed by atoms with van der Waals surface area (Å²) in [6.07, 6.45) is 2.70. The highest BCUT2D eigenvalue weighted by Crippen LogP contribution is 2.25. The standard InChI is InChI=1S/C16H24N2/c1-12-7-13(2)9-14(8-12)10-18-6-4-16-15(11-18)3-5-17-16/h7-9,15-17H,3-6,10-11H2,1-2H3. The summed E-state index contributed by atoms with van der Waals surface area (Å²) in [6.45, 7) is 9.29. The lowest BCUT2D eigenvalue weighted by molar-refractivity contribution is 0.156. The summed E-state index contributed by atoms with van der Waals surface area (Å²) < 4.78 is 0. The first kappa shape index (κ1) is 12.2. The van der Waals surface area contributed by atoms with Crippen molar-refractivity contribution < 1.29 is 0 Å². The first-order valence-corrected chi connectivity index (χ1v) is 7.23. The Kier molecular flexibility index (Phi) is 3.40. The van der Waals surface area contributed by atoms with Crippen LogP contribution in [0.5, 0.6) is 0 Å². The van der Waals surface area contributed by atoms with Gasteiger partial charge in [0.15, 0.2) is 0 Å². The maximum absolute atomic E-state index is 3.63. The summed E-state index contributed by atoms with van der Waals surface area (Å²) in [4.78, 5) is 2.64. The van der Waals surface area contributed by atoms with E-state index in [2.05, 4.69) is 42.3 Å². The van der Waals surface area contributed by atoms with Crippen LogP contribution < -0.4 is 5.32 Å². The predicted molar refractivity (Wildman–Crippen MR) is 75.7 cm³/mol. The fraction of sp³-hybridized carbons (Fsp3) is 0.625. The number of rotatable bonds is 2. The highest BCUT2D eigenvalue weighted by molar-refractivity contribution is 5.28. The zero-order valence-electron chi connectivity index (χ0n) is 11.6. The van der Waals surface area contributed by atoms with Gasteiger partial charge in [-0.3, -0.25) is 4.90 Å². The number of hydrogen-bond acceptors (Lipinski definition) is 2. The van der Waals surface area contributed by atoms with Gasteiger partial charge in [-0.1, -0.05) is 29.3 Å². The largest absolute Gasteiger partial charge is 0.314 e. The van der Waals surface area contributed by atoms with Crippen LogP contribution in [0.3, 0.4) is 0 Å². The molecule has 18 heavy (non-hydrogen) atoms. The Morgan fingerprint density at radius 2 is 1.94 bits per heavy atom. The van der Waals surface area contributed by atoms with Crippen LogP contribution in [0.25, 0.3) is 0 Å². The van der Waals surface area contributed by atoms with Crippen LogP contribution >= 0.6 is 0 Å². The number of nitrogens with zero attached hydrogens (tertiary/aromatic N) is 1. The number of aryl methyl sites for hydroxylation is 2. The van der Waals surface area contributed by atoms with Crippen molar-refractivity contribution in [3.63, 3.8) is 0 Å². The Morgan fingerprint density at radius 1 is 1.17 bits per heavy atom. The molecule has 2 nitrogen and oxygen atoms in total. The van der Waals surface area contributed by atoms with E-state index in [4.69, 9.17) is 0 Å². The monoisotopic (exact) mass is 244 g/mol. The molecule has 0 spiro atoms. The lowest BCUT2D eigenvalue weighted by atomic mass is 9.93. The van der Waals surface area contributed by atoms with E-state index in [1.807, 2.05) is 0 Å². The molecular weight excluding hydrogens is 220 g/mol. The Labute approximate surface area is 110 Å². The van der Waals surface area contributed by atoms with Crippen LogP contribution in [-0.2, 0) is 6.54 Å². The molecule has 2 aliphatic heterocycles. The van der Waals surface area contributed by atoms with E-state index in [-0.39, 0.29) is 0 Å². The predicted octanol–water partition coefficient (Wildman–Crippen LogP) is 2.49. The second-order valence-electron chi connectivity index (χ2n) is 6.13. The van der Waals surface area contributed by atoms with E-state index in [0.29, 0.717) is 0 Å². The maximum Gasteiger partial charge on any atom is 0.0234 e. The molecule has 2 heteroatoms. The van der Waals surface area contributed by atoms with Gasteiger partial charge in [-0.05, 0) is 51.3 Å². The molecule has 2 unspecified atom stereocenters. The van der Waals surface area contributed by atoms with Gasteiger partial charge in [0, 0.05) is 19.1 Å². The summed E-state index contributed by atoms with van der Waals surface area (Å²) in [7, 11) is 0. The van der Waals surface area contributed by atoms with Gasteiger partial charge >= 0.3 is 0 Å². The number of fused-ring (bicyclic) bond motifs is 1. The molecule has 0 aliphatic carbocycles. The molecule has 0 aromatic heterocycles. The molecule has 2 saturated heterocycles. The minimum absolute atomic E-state index is 0.806. The molecule has 0 bridgehead atoms. The molecule has 2 aliphatic rings. The average molecular weight is 244 g/mol. The zero-order chi connectivity index (χ0) is 12.5. The molecule has 0 radical (unpaired) electrons. The van der Waals surface area contributed by atoms with Crippen LogP contribution in [-0.4, -0.2) is 30.6 Å². The SMILES string of the molecule is Cc1cc(C)cc(CN2CCC3NCCC3C2)c1. The summed E-state index contributed by atoms with van der Waals surface area (Å²) in [6, 6.07) is 7.75. The van der Waals surface area contributed by atoms with Crippen molar-refractivity contribution in [2.75, 3.05) is 19.6 Å². The molecular formula is C16H24N2. The van der Waals surface area contributed by atoms with Crippen LogP contribution in [0, 0.1) is 19.8 Å². The van der Waals surface area contributed by atoms with Crippen LogP contribution in [0.2, 0.25) is 0 Å². The van der Waals surface area contributed by atoms with Gasteiger partial charge in [0.1, 0.15) is 0 Å². The molecule has 2 heterocycles. The Bertz CT molecular complexity index is 407. The van der Waals surface area contributed by atoms with E-state index < -0.39 is 0 Å². The number of nitrogens with one attached hydrogen (secondary N) is 1. The Balaban J connectivity index is 1.65. The molecule has 1 aromatic rings. The van der Waals surface area contributed by atoms with Gasteiger partial charge < -0.3 is 5.32 Å². The molecule has 1 aromatic carbocycles. The highest BCUT2D eigenvalue weighted by Gasteiger charge is 2.32. The lowest BCUT2D eigenvalue weighted by Crippen LogP contribution is -2.43. The minimum atomic E-state index is 0.806. The van der Waals surface area contributed by atoms with E-state index in [1.54, 1.807) is 0 Å². The van der Waals surface area contributed by atoms with Gasteiger partial charge in [0.25, 0.3) is 0 Å². The van der Waals surface area contributed by atoms with E-state index in [1.165, 1.54) is 49.2 Å². The van der Waals surface area contributed by atoms with Crippen LogP contribution in [0.1, 0.15) is 29.5 Å². The number of likely N-dealkylation sites (tertiary alicyclic amines) is 1. The number of hydrogen-bond donors (Lipinski definition) is 1. The van der Waals surface area contributed by atoms with Crippen molar-refractivity contribution in [2.45, 2.75) is 39.3 Å². The molecule has 2 fully saturated rings. The molecule has 0 saturated carbocycles. The topological polar surface area (TPSA) is 15.3 Å². The van der Waals surface area contributed by atoms with E-state index >= 15 is 0 Å². The smallest absolute Gasteiger partial charge is 0.0234 e. The highest BCUT2D eigenvalue weighted by atomic mass is 15.2. The maximum atomic E-state index is 3.63. The van der Waals surface area contributed by atoms with Gasteiger partial charge in [-0.25, -0.2) is 0 Å². The summed E-state index contributed by atoms with van der Waals surface area (Å²) in [5, 5.41) is 3.63. The van der Waals surface area contributed by atoms with Crippen LogP contribution in [0.15, 0.2) is 18.2 Å². The fourth-order valence-electron chi connectivity index (χ4n) is 3.68. The van der Waals surface area contributed by atoms with Crippen molar-refractivity contribution in [2.24, 2.45) is 5.92 Å². The second kappa shape index (κ2) is 5.02. The Morgan fingerprint density at radius 3 is 2.72 bits per heavy atom. The third-order valence-corrected chi connectivity index (χ3v) is 4.43. The van der Waals surface area contributed by atoms with Gasteiger partial charge in [0.2, 0.25) is 0 Å². The van der Waals surface area contributed by atoms with Crippen LogP contribution in [0.4, 0.5) is 0 Å². The molecule has 98 valence electrons. The molecule has 2 atom stereocenters. The summed E-state index contributed by atoms with van der Waals surface area (Å²) in [5.41, 5.74) is 4.27. The van der Waals surface area contributed by atoms with Gasteiger partial charge in [0.05, 0.1) is 0 Å². The first-order valence-electron chi connectivity index (χ1n) is 7.23. The quantitative estimate of drug-likeness (QED) is 0.860. The number of piperidine rings is 1. The second-order valence-corrected chi connectivity index (χ2v) is 6.13. The van der Waals surface area contributed by atoms with Gasteiger partial charge in [-0.2, -0.15) is 0 Å². The summed E-state index contributed by atoms with van der Waals surface area (Å²) >= 11 is 0. The van der Waals surface area contributed by atoms with Crippen molar-refractivity contribution in [1.29, 1.82) is 0 Å². The van der Waals surface area contributed by atoms with Gasteiger partial charge in [-0.15, -0.1) is 0 Å². The van der Waals surface area contributed by atoms with Crippen molar-refractivity contribution in [3.8, 4) is 0 Å². The molecule has 3 rings (SSSR count). The third-order valence-electron chi connectivity index (χ3n) is 4.43.